The van der Waals surface area contributed by atoms with E-state index in [4.69, 9.17) is 0 Å². The van der Waals surface area contributed by atoms with Crippen LogP contribution in [0.15, 0.2) is 0 Å². The summed E-state index contributed by atoms with van der Waals surface area (Å²) in [4.78, 5) is 13.6. The Morgan fingerprint density at radius 2 is 1.83 bits per heavy atom. The number of sulfone groups is 1. The van der Waals surface area contributed by atoms with Gasteiger partial charge in [-0.1, -0.05) is 19.3 Å². The molecule has 5 nitrogen and oxygen atoms in total. The normalized spacial score (nSPS) is 27.9. The van der Waals surface area contributed by atoms with Crippen LogP contribution < -0.4 is 5.32 Å². The monoisotopic (exact) mass is 274 g/mol. The summed E-state index contributed by atoms with van der Waals surface area (Å²) in [5, 5.41) is 3.02. The van der Waals surface area contributed by atoms with Crippen molar-refractivity contribution in [2.45, 2.75) is 50.6 Å². The van der Waals surface area contributed by atoms with E-state index < -0.39 is 9.84 Å². The van der Waals surface area contributed by atoms with Crippen LogP contribution in [0, 0.1) is 0 Å². The van der Waals surface area contributed by atoms with E-state index in [-0.39, 0.29) is 29.6 Å². The fourth-order valence-corrected chi connectivity index (χ4v) is 4.54. The molecule has 2 fully saturated rings. The fraction of sp³-hybridized carbons (Fsp3) is 0.917. The van der Waals surface area contributed by atoms with Gasteiger partial charge in [0.05, 0.1) is 11.5 Å². The summed E-state index contributed by atoms with van der Waals surface area (Å²) >= 11 is 0. The predicted molar refractivity (Wildman–Crippen MR) is 70.2 cm³/mol. The van der Waals surface area contributed by atoms with Gasteiger partial charge >= 0.3 is 6.03 Å². The Hall–Kier alpha value is -0.780. The summed E-state index contributed by atoms with van der Waals surface area (Å²) in [5.74, 6) is 0.320. The third-order valence-electron chi connectivity index (χ3n) is 4.01. The van der Waals surface area contributed by atoms with E-state index in [9.17, 15) is 13.2 Å². The average molecular weight is 274 g/mol. The zero-order chi connectivity index (χ0) is 13.2. The first-order chi connectivity index (χ1) is 8.48. The number of rotatable bonds is 2. The van der Waals surface area contributed by atoms with Crippen molar-refractivity contribution >= 4 is 15.9 Å². The molecule has 104 valence electrons. The summed E-state index contributed by atoms with van der Waals surface area (Å²) < 4.78 is 22.8. The van der Waals surface area contributed by atoms with Crippen LogP contribution in [0.5, 0.6) is 0 Å². The van der Waals surface area contributed by atoms with Gasteiger partial charge in [0.15, 0.2) is 9.84 Å². The molecule has 18 heavy (non-hydrogen) atoms. The number of carbonyl (C=O) groups excluding carboxylic acids is 1. The molecule has 1 N–H and O–H groups in total. The molecule has 1 aliphatic heterocycles. The Bertz CT molecular complexity index is 402. The molecule has 6 heteroatoms. The molecule has 2 amide bonds. The first-order valence-corrected chi connectivity index (χ1v) is 8.54. The van der Waals surface area contributed by atoms with Crippen molar-refractivity contribution in [3.63, 3.8) is 0 Å². The second-order valence-corrected chi connectivity index (χ2v) is 7.68. The van der Waals surface area contributed by atoms with Crippen molar-refractivity contribution in [3.8, 4) is 0 Å². The standard InChI is InChI=1S/C12H22N2O3S/c1-14(11-7-8-18(16,17)9-11)12(15)13-10-5-3-2-4-6-10/h10-11H,2-9H2,1H3,(H,13,15). The van der Waals surface area contributed by atoms with Gasteiger partial charge in [-0.15, -0.1) is 0 Å². The minimum atomic E-state index is -2.93. The van der Waals surface area contributed by atoms with Crippen LogP contribution in [-0.4, -0.2) is 50.0 Å². The van der Waals surface area contributed by atoms with Crippen molar-refractivity contribution < 1.29 is 13.2 Å². The minimum Gasteiger partial charge on any atom is -0.335 e. The summed E-state index contributed by atoms with van der Waals surface area (Å²) in [6.07, 6.45) is 6.25. The van der Waals surface area contributed by atoms with E-state index >= 15 is 0 Å². The number of nitrogens with one attached hydrogen (secondary N) is 1. The van der Waals surface area contributed by atoms with Crippen LogP contribution >= 0.6 is 0 Å². The number of amides is 2. The molecule has 2 aliphatic rings. The van der Waals surface area contributed by atoms with E-state index in [1.54, 1.807) is 11.9 Å². The first-order valence-electron chi connectivity index (χ1n) is 6.72. The lowest BCUT2D eigenvalue weighted by molar-refractivity contribution is 0.187. The number of urea groups is 1. The van der Waals surface area contributed by atoms with Crippen molar-refractivity contribution in [3.05, 3.63) is 0 Å². The van der Waals surface area contributed by atoms with Gasteiger partial charge in [-0.2, -0.15) is 0 Å². The van der Waals surface area contributed by atoms with Crippen LogP contribution in [0.1, 0.15) is 38.5 Å². The van der Waals surface area contributed by atoms with Crippen LogP contribution in [0.2, 0.25) is 0 Å². The Balaban J connectivity index is 1.85. The highest BCUT2D eigenvalue weighted by molar-refractivity contribution is 7.91. The van der Waals surface area contributed by atoms with Crippen LogP contribution in [0.25, 0.3) is 0 Å². The summed E-state index contributed by atoms with van der Waals surface area (Å²) in [5.41, 5.74) is 0. The van der Waals surface area contributed by atoms with Crippen molar-refractivity contribution in [1.82, 2.24) is 10.2 Å². The van der Waals surface area contributed by atoms with Crippen molar-refractivity contribution in [2.75, 3.05) is 18.6 Å². The maximum Gasteiger partial charge on any atom is 0.317 e. The first kappa shape index (κ1) is 13.6. The van der Waals surface area contributed by atoms with Crippen molar-refractivity contribution in [2.24, 2.45) is 0 Å². The van der Waals surface area contributed by atoms with E-state index in [1.807, 2.05) is 0 Å². The largest absolute Gasteiger partial charge is 0.335 e. The third-order valence-corrected chi connectivity index (χ3v) is 5.76. The Kier molecular flexibility index (Phi) is 4.14. The summed E-state index contributed by atoms with van der Waals surface area (Å²) in [6.45, 7) is 0. The van der Waals surface area contributed by atoms with E-state index in [2.05, 4.69) is 5.32 Å². The molecule has 0 radical (unpaired) electrons. The van der Waals surface area contributed by atoms with Gasteiger partial charge in [-0.05, 0) is 19.3 Å². The smallest absolute Gasteiger partial charge is 0.317 e. The van der Waals surface area contributed by atoms with E-state index in [0.717, 1.165) is 12.8 Å². The van der Waals surface area contributed by atoms with Gasteiger partial charge in [-0.3, -0.25) is 0 Å². The molecule has 1 atom stereocenters. The minimum absolute atomic E-state index is 0.113. The molecule has 0 aromatic heterocycles. The highest BCUT2D eigenvalue weighted by Gasteiger charge is 2.33. The number of hydrogen-bond acceptors (Lipinski definition) is 3. The maximum atomic E-state index is 12.0. The van der Waals surface area contributed by atoms with E-state index in [1.165, 1.54) is 19.3 Å². The SMILES string of the molecule is CN(C(=O)NC1CCCCC1)C1CCS(=O)(=O)C1. The highest BCUT2D eigenvalue weighted by Crippen LogP contribution is 2.19. The van der Waals surface area contributed by atoms with Gasteiger partial charge < -0.3 is 10.2 Å². The molecule has 0 bridgehead atoms. The van der Waals surface area contributed by atoms with Crippen LogP contribution in [0.3, 0.4) is 0 Å². The fourth-order valence-electron chi connectivity index (χ4n) is 2.77. The molecule has 1 unspecified atom stereocenters. The lowest BCUT2D eigenvalue weighted by atomic mass is 9.96. The second kappa shape index (κ2) is 5.47. The predicted octanol–water partition coefficient (Wildman–Crippen LogP) is 1.15. The van der Waals surface area contributed by atoms with Crippen LogP contribution in [0.4, 0.5) is 4.79 Å². The molecule has 1 aliphatic carbocycles. The molecule has 0 aromatic rings. The Morgan fingerprint density at radius 1 is 1.17 bits per heavy atom. The van der Waals surface area contributed by atoms with Gasteiger partial charge in [0.2, 0.25) is 0 Å². The number of carbonyl (C=O) groups is 1. The second-order valence-electron chi connectivity index (χ2n) is 5.45. The summed E-state index contributed by atoms with van der Waals surface area (Å²) in [6, 6.07) is -0.00528. The molecule has 0 spiro atoms. The lowest BCUT2D eigenvalue weighted by Gasteiger charge is -2.28. The molecule has 2 rings (SSSR count). The van der Waals surface area contributed by atoms with Gasteiger partial charge in [0.1, 0.15) is 0 Å². The van der Waals surface area contributed by atoms with E-state index in [0.29, 0.717) is 6.42 Å². The Labute approximate surface area is 109 Å². The zero-order valence-electron chi connectivity index (χ0n) is 10.9. The maximum absolute atomic E-state index is 12.0. The van der Waals surface area contributed by atoms with Gasteiger partial charge in [-0.25, -0.2) is 13.2 Å². The number of hydrogen-bond donors (Lipinski definition) is 1. The molecule has 1 saturated heterocycles. The van der Waals surface area contributed by atoms with Gasteiger partial charge in [0, 0.05) is 19.1 Å². The van der Waals surface area contributed by atoms with Gasteiger partial charge in [0.25, 0.3) is 0 Å². The van der Waals surface area contributed by atoms with Crippen molar-refractivity contribution in [1.29, 1.82) is 0 Å². The average Bonchev–Trinajstić information content (AvgIpc) is 2.70. The topological polar surface area (TPSA) is 66.5 Å². The lowest BCUT2D eigenvalue weighted by Crippen LogP contribution is -2.48. The molecular weight excluding hydrogens is 252 g/mol. The third kappa shape index (κ3) is 3.37. The molecule has 1 heterocycles. The zero-order valence-corrected chi connectivity index (χ0v) is 11.7. The van der Waals surface area contributed by atoms with Crippen LogP contribution in [-0.2, 0) is 9.84 Å². The quantitative estimate of drug-likeness (QED) is 0.821. The molecule has 0 aromatic carbocycles. The number of nitrogens with zero attached hydrogens (tertiary/aromatic N) is 1. The Morgan fingerprint density at radius 3 is 2.39 bits per heavy atom. The summed E-state index contributed by atoms with van der Waals surface area (Å²) in [7, 11) is -1.23. The molecular formula is C12H22N2O3S. The molecule has 1 saturated carbocycles. The highest BCUT2D eigenvalue weighted by atomic mass is 32.2.